The molecule has 1 aromatic heterocycles. The van der Waals surface area contributed by atoms with E-state index in [9.17, 15) is 18.4 Å². The highest BCUT2D eigenvalue weighted by Gasteiger charge is 2.21. The molecule has 3 aromatic rings. The quantitative estimate of drug-likeness (QED) is 0.622. The molecule has 3 N–H and O–H groups in total. The molecular formula is C19H16F2N2O3S. The van der Waals surface area contributed by atoms with Crippen molar-refractivity contribution < 1.29 is 23.1 Å². The van der Waals surface area contributed by atoms with Crippen molar-refractivity contribution in [2.24, 2.45) is 5.73 Å². The van der Waals surface area contributed by atoms with E-state index in [2.05, 4.69) is 5.32 Å². The molecular weight excluding hydrogens is 374 g/mol. The van der Waals surface area contributed by atoms with Crippen LogP contribution in [0.5, 0.6) is 0 Å². The highest BCUT2D eigenvalue weighted by molar-refractivity contribution is 7.21. The average molecular weight is 390 g/mol. The van der Waals surface area contributed by atoms with E-state index in [1.54, 1.807) is 19.1 Å². The monoisotopic (exact) mass is 390 g/mol. The van der Waals surface area contributed by atoms with E-state index in [1.165, 1.54) is 18.2 Å². The Hall–Kier alpha value is -3.00. The van der Waals surface area contributed by atoms with E-state index < -0.39 is 23.5 Å². The second kappa shape index (κ2) is 7.71. The molecule has 1 amide bonds. The maximum absolute atomic E-state index is 14.4. The summed E-state index contributed by atoms with van der Waals surface area (Å²) in [4.78, 5) is 23.9. The number of amides is 1. The van der Waals surface area contributed by atoms with Gasteiger partial charge in [-0.05, 0) is 37.3 Å². The molecule has 140 valence electrons. The molecule has 0 atom stereocenters. The lowest BCUT2D eigenvalue weighted by atomic mass is 10.1. The Balaban J connectivity index is 1.99. The molecule has 3 rings (SSSR count). The zero-order chi connectivity index (χ0) is 19.6. The van der Waals surface area contributed by atoms with E-state index in [4.69, 9.17) is 10.5 Å². The molecule has 0 radical (unpaired) electrons. The molecule has 5 nitrogen and oxygen atoms in total. The number of carbonyl (C=O) groups excluding carboxylic acids is 2. The minimum absolute atomic E-state index is 0.0823. The lowest BCUT2D eigenvalue weighted by Gasteiger charge is -2.10. The van der Waals surface area contributed by atoms with Crippen LogP contribution in [0.1, 0.15) is 32.5 Å². The van der Waals surface area contributed by atoms with Crippen molar-refractivity contribution in [3.05, 3.63) is 64.0 Å². The molecule has 0 aliphatic rings. The van der Waals surface area contributed by atoms with Crippen molar-refractivity contribution in [1.82, 2.24) is 0 Å². The first-order valence-corrected chi connectivity index (χ1v) is 8.94. The minimum atomic E-state index is -0.893. The Labute approximate surface area is 157 Å². The van der Waals surface area contributed by atoms with Crippen LogP contribution < -0.4 is 11.1 Å². The zero-order valence-electron chi connectivity index (χ0n) is 14.3. The average Bonchev–Trinajstić information content (AvgIpc) is 3.01. The number of esters is 1. The van der Waals surface area contributed by atoms with Crippen LogP contribution in [0, 0.1) is 11.6 Å². The van der Waals surface area contributed by atoms with Crippen LogP contribution in [-0.4, -0.2) is 18.5 Å². The van der Waals surface area contributed by atoms with Gasteiger partial charge in [-0.3, -0.25) is 4.79 Å². The van der Waals surface area contributed by atoms with Crippen LogP contribution in [0.3, 0.4) is 0 Å². The van der Waals surface area contributed by atoms with Crippen molar-refractivity contribution >= 4 is 39.0 Å². The topological polar surface area (TPSA) is 81.4 Å². The van der Waals surface area contributed by atoms with E-state index in [1.807, 2.05) is 0 Å². The molecule has 0 saturated heterocycles. The molecule has 2 aromatic carbocycles. The fourth-order valence-corrected chi connectivity index (χ4v) is 3.84. The third-order valence-corrected chi connectivity index (χ3v) is 5.10. The normalized spacial score (nSPS) is 10.8. The molecule has 0 unspecified atom stereocenters. The predicted octanol–water partition coefficient (Wildman–Crippen LogP) is 4.07. The Morgan fingerprint density at radius 1 is 1.19 bits per heavy atom. The number of hydrogen-bond donors (Lipinski definition) is 2. The summed E-state index contributed by atoms with van der Waals surface area (Å²) in [6.07, 6.45) is 0. The Bertz CT molecular complexity index is 1030. The maximum Gasteiger partial charge on any atom is 0.348 e. The molecule has 8 heteroatoms. The lowest BCUT2D eigenvalue weighted by molar-refractivity contribution is 0.0531. The molecule has 0 bridgehead atoms. The smallest absolute Gasteiger partial charge is 0.348 e. The van der Waals surface area contributed by atoms with Crippen LogP contribution in [0.2, 0.25) is 0 Å². The third-order valence-electron chi connectivity index (χ3n) is 3.93. The van der Waals surface area contributed by atoms with Gasteiger partial charge in [-0.1, -0.05) is 6.07 Å². The standard InChI is InChI=1S/C19H16F2N2O3S/c1-2-26-19(25)17-12(16-14(21)4-3-5-15(16)27-17)9-23-10-6-7-13(20)11(8-10)18(22)24/h3-8,23H,2,9H2,1H3,(H2,22,24). The van der Waals surface area contributed by atoms with Crippen molar-refractivity contribution in [2.75, 3.05) is 11.9 Å². The fraction of sp³-hybridized carbons (Fsp3) is 0.158. The van der Waals surface area contributed by atoms with Crippen molar-refractivity contribution in [3.63, 3.8) is 0 Å². The zero-order valence-corrected chi connectivity index (χ0v) is 15.2. The van der Waals surface area contributed by atoms with Gasteiger partial charge in [0, 0.05) is 27.9 Å². The maximum atomic E-state index is 14.4. The van der Waals surface area contributed by atoms with Gasteiger partial charge < -0.3 is 15.8 Å². The van der Waals surface area contributed by atoms with Crippen LogP contribution in [0.25, 0.3) is 10.1 Å². The number of rotatable bonds is 6. The van der Waals surface area contributed by atoms with Gasteiger partial charge in [0.1, 0.15) is 16.5 Å². The number of ether oxygens (including phenoxy) is 1. The number of carbonyl (C=O) groups is 2. The van der Waals surface area contributed by atoms with E-state index in [0.29, 0.717) is 26.2 Å². The summed E-state index contributed by atoms with van der Waals surface area (Å²) >= 11 is 1.14. The highest BCUT2D eigenvalue weighted by atomic mass is 32.1. The summed E-state index contributed by atoms with van der Waals surface area (Å²) < 4.78 is 33.7. The number of thiophene rings is 1. The van der Waals surface area contributed by atoms with Gasteiger partial charge in [0.25, 0.3) is 5.91 Å². The summed E-state index contributed by atoms with van der Waals surface area (Å²) in [6.45, 7) is 1.97. The highest BCUT2D eigenvalue weighted by Crippen LogP contribution is 2.34. The summed E-state index contributed by atoms with van der Waals surface area (Å²) in [6, 6.07) is 8.42. The lowest BCUT2D eigenvalue weighted by Crippen LogP contribution is -2.14. The second-order valence-corrected chi connectivity index (χ2v) is 6.71. The summed E-state index contributed by atoms with van der Waals surface area (Å²) in [5.41, 5.74) is 5.75. The summed E-state index contributed by atoms with van der Waals surface area (Å²) in [5, 5.41) is 3.31. The van der Waals surface area contributed by atoms with Gasteiger partial charge in [0.15, 0.2) is 0 Å². The fourth-order valence-electron chi connectivity index (χ4n) is 2.71. The molecule has 27 heavy (non-hydrogen) atoms. The van der Waals surface area contributed by atoms with E-state index >= 15 is 0 Å². The summed E-state index contributed by atoms with van der Waals surface area (Å²) in [7, 11) is 0. The number of halogens is 2. The van der Waals surface area contributed by atoms with Crippen molar-refractivity contribution in [1.29, 1.82) is 0 Å². The molecule has 0 aliphatic carbocycles. The van der Waals surface area contributed by atoms with Gasteiger partial charge >= 0.3 is 5.97 Å². The Morgan fingerprint density at radius 2 is 1.96 bits per heavy atom. The van der Waals surface area contributed by atoms with Crippen LogP contribution in [-0.2, 0) is 11.3 Å². The van der Waals surface area contributed by atoms with E-state index in [0.717, 1.165) is 17.4 Å². The number of fused-ring (bicyclic) bond motifs is 1. The van der Waals surface area contributed by atoms with Crippen molar-refractivity contribution in [2.45, 2.75) is 13.5 Å². The Kier molecular flexibility index (Phi) is 5.36. The van der Waals surface area contributed by atoms with Crippen molar-refractivity contribution in [3.8, 4) is 0 Å². The number of anilines is 1. The second-order valence-electron chi connectivity index (χ2n) is 5.66. The first kappa shape index (κ1) is 18.8. The van der Waals surface area contributed by atoms with Crippen LogP contribution >= 0.6 is 11.3 Å². The first-order valence-electron chi connectivity index (χ1n) is 8.12. The molecule has 1 heterocycles. The molecule has 0 fully saturated rings. The molecule has 0 spiro atoms. The summed E-state index contributed by atoms with van der Waals surface area (Å²) in [5.74, 6) is -2.61. The minimum Gasteiger partial charge on any atom is -0.462 e. The van der Waals surface area contributed by atoms with Crippen LogP contribution in [0.15, 0.2) is 36.4 Å². The number of nitrogens with one attached hydrogen (secondary N) is 1. The SMILES string of the molecule is CCOC(=O)c1sc2cccc(F)c2c1CNc1ccc(F)c(C(N)=O)c1. The number of benzene rings is 2. The molecule has 0 aliphatic heterocycles. The van der Waals surface area contributed by atoms with Gasteiger partial charge in [0.2, 0.25) is 0 Å². The Morgan fingerprint density at radius 3 is 2.67 bits per heavy atom. The third kappa shape index (κ3) is 3.75. The first-order chi connectivity index (χ1) is 12.9. The van der Waals surface area contributed by atoms with Gasteiger partial charge in [-0.15, -0.1) is 11.3 Å². The van der Waals surface area contributed by atoms with E-state index in [-0.39, 0.29) is 18.7 Å². The largest absolute Gasteiger partial charge is 0.462 e. The molecule has 0 saturated carbocycles. The van der Waals surface area contributed by atoms with Gasteiger partial charge in [0.05, 0.1) is 12.2 Å². The number of primary amides is 1. The van der Waals surface area contributed by atoms with Crippen LogP contribution in [0.4, 0.5) is 14.5 Å². The van der Waals surface area contributed by atoms with Gasteiger partial charge in [-0.25, -0.2) is 13.6 Å². The number of nitrogens with two attached hydrogens (primary N) is 1. The predicted molar refractivity (Wildman–Crippen MR) is 100.0 cm³/mol. The van der Waals surface area contributed by atoms with Gasteiger partial charge in [-0.2, -0.15) is 0 Å². The number of hydrogen-bond acceptors (Lipinski definition) is 5.